The molecule has 4 fully saturated rings. The maximum atomic E-state index is 13.6. The average Bonchev–Trinajstić information content (AvgIpc) is 3.36. The van der Waals surface area contributed by atoms with Crippen molar-refractivity contribution in [2.75, 3.05) is 31.8 Å². The minimum atomic E-state index is -4.76. The van der Waals surface area contributed by atoms with E-state index in [9.17, 15) is 22.8 Å². The smallest absolute Gasteiger partial charge is 0.417 e. The molecule has 12 heteroatoms. The van der Waals surface area contributed by atoms with Crippen LogP contribution in [0.4, 0.5) is 23.7 Å². The number of rotatable bonds is 5. The highest BCUT2D eigenvalue weighted by atomic mass is 19.4. The van der Waals surface area contributed by atoms with Crippen LogP contribution in [-0.4, -0.2) is 62.4 Å². The number of nitrogens with one attached hydrogen (secondary N) is 1. The second-order valence-corrected chi connectivity index (χ2v) is 9.46. The van der Waals surface area contributed by atoms with Gasteiger partial charge in [0.25, 0.3) is 0 Å². The molecule has 0 aromatic heterocycles. The van der Waals surface area contributed by atoms with Gasteiger partial charge >= 0.3 is 12.3 Å². The molecule has 0 unspecified atom stereocenters. The number of benzene rings is 1. The number of alkyl halides is 3. The van der Waals surface area contributed by atoms with Crippen molar-refractivity contribution in [3.05, 3.63) is 29.3 Å². The molecule has 6 atom stereocenters. The van der Waals surface area contributed by atoms with Gasteiger partial charge in [-0.15, -0.1) is 0 Å². The van der Waals surface area contributed by atoms with Crippen molar-refractivity contribution >= 4 is 17.7 Å². The minimum Gasteiger partial charge on any atom is -0.447 e. The number of anilines is 1. The summed E-state index contributed by atoms with van der Waals surface area (Å²) >= 11 is 0. The fourth-order valence-corrected chi connectivity index (χ4v) is 6.31. The Bertz CT molecular complexity index is 1110. The van der Waals surface area contributed by atoms with Crippen molar-refractivity contribution in [3.8, 4) is 6.07 Å². The molecular weight excluding hydrogens is 471 g/mol. The number of alkyl carbamates (subject to hydrolysis) is 1. The molecule has 2 bridgehead atoms. The zero-order valence-electron chi connectivity index (χ0n) is 19.1. The van der Waals surface area contributed by atoms with E-state index < -0.39 is 64.6 Å². The van der Waals surface area contributed by atoms with Crippen molar-refractivity contribution in [3.63, 3.8) is 0 Å². The van der Waals surface area contributed by atoms with Gasteiger partial charge in [0.15, 0.2) is 0 Å². The molecule has 4 saturated heterocycles. The first-order valence-corrected chi connectivity index (χ1v) is 11.2. The fraction of sp³-hybridized carbons (Fsp3) is 0.609. The molecule has 1 aromatic carbocycles. The number of fused-ring (bicyclic) bond motifs is 2. The Morgan fingerprint density at radius 1 is 1.37 bits per heavy atom. The monoisotopic (exact) mass is 495 g/mol. The third-order valence-electron chi connectivity index (χ3n) is 7.57. The summed E-state index contributed by atoms with van der Waals surface area (Å²) in [5.41, 5.74) is -3.50. The summed E-state index contributed by atoms with van der Waals surface area (Å²) in [5.74, 6) is -1.55. The van der Waals surface area contributed by atoms with Crippen molar-refractivity contribution in [1.29, 1.82) is 5.26 Å². The van der Waals surface area contributed by atoms with Crippen LogP contribution in [0.15, 0.2) is 18.2 Å². The average molecular weight is 495 g/mol. The summed E-state index contributed by atoms with van der Waals surface area (Å²) < 4.78 is 63.2. The Hall–Kier alpha value is -2.88. The zero-order chi connectivity index (χ0) is 25.2. The lowest BCUT2D eigenvalue weighted by Crippen LogP contribution is -2.61. The predicted octanol–water partition coefficient (Wildman–Crippen LogP) is 2.58. The van der Waals surface area contributed by atoms with Crippen LogP contribution in [0.5, 0.6) is 0 Å². The summed E-state index contributed by atoms with van der Waals surface area (Å²) in [7, 11) is 1.49. The van der Waals surface area contributed by atoms with Gasteiger partial charge in [0.2, 0.25) is 5.91 Å². The molecule has 0 saturated carbocycles. The maximum Gasteiger partial charge on any atom is 0.417 e. The minimum absolute atomic E-state index is 0.00394. The molecule has 4 aliphatic heterocycles. The Balaban J connectivity index is 1.48. The lowest BCUT2D eigenvalue weighted by molar-refractivity contribution is -0.144. The SMILES string of the molecule is COCCOC(=O)N[C@H]1C[C@@]2(C)O[C@@]13CCO[C@H]1[C@@H]3[C@@H]2C(=O)N1c1ccc(C#N)c(C(F)(F)F)c1. The van der Waals surface area contributed by atoms with E-state index in [1.807, 2.05) is 0 Å². The van der Waals surface area contributed by atoms with E-state index in [1.165, 1.54) is 18.1 Å². The van der Waals surface area contributed by atoms with Crippen LogP contribution in [0.3, 0.4) is 0 Å². The molecule has 0 radical (unpaired) electrons. The normalized spacial score (nSPS) is 35.1. The van der Waals surface area contributed by atoms with Gasteiger partial charge in [0, 0.05) is 25.6 Å². The molecule has 4 heterocycles. The molecule has 9 nitrogen and oxygen atoms in total. The molecule has 35 heavy (non-hydrogen) atoms. The highest BCUT2D eigenvalue weighted by Gasteiger charge is 2.78. The lowest BCUT2D eigenvalue weighted by Gasteiger charge is -2.45. The molecule has 1 spiro atoms. The number of nitrogens with zero attached hydrogens (tertiary/aromatic N) is 2. The number of amides is 2. The van der Waals surface area contributed by atoms with Gasteiger partial charge < -0.3 is 24.3 Å². The fourth-order valence-electron chi connectivity index (χ4n) is 6.31. The van der Waals surface area contributed by atoms with Crippen molar-refractivity contribution in [1.82, 2.24) is 5.32 Å². The van der Waals surface area contributed by atoms with Crippen LogP contribution >= 0.6 is 0 Å². The highest BCUT2D eigenvalue weighted by Crippen LogP contribution is 2.65. The molecule has 0 aliphatic carbocycles. The Kier molecular flexibility index (Phi) is 5.50. The van der Waals surface area contributed by atoms with Gasteiger partial charge in [0.05, 0.1) is 59.5 Å². The Labute approximate surface area is 199 Å². The Morgan fingerprint density at radius 3 is 2.83 bits per heavy atom. The van der Waals surface area contributed by atoms with Crippen molar-refractivity contribution < 1.29 is 41.7 Å². The Morgan fingerprint density at radius 2 is 2.14 bits per heavy atom. The van der Waals surface area contributed by atoms with E-state index in [-0.39, 0.29) is 25.5 Å². The van der Waals surface area contributed by atoms with Gasteiger partial charge in [-0.25, -0.2) is 4.79 Å². The van der Waals surface area contributed by atoms with Gasteiger partial charge in [0.1, 0.15) is 12.8 Å². The number of hydrogen-bond donors (Lipinski definition) is 1. The second kappa shape index (κ2) is 8.08. The largest absolute Gasteiger partial charge is 0.447 e. The van der Waals surface area contributed by atoms with Gasteiger partial charge in [-0.05, 0) is 25.1 Å². The molecule has 1 N–H and O–H groups in total. The summed E-state index contributed by atoms with van der Waals surface area (Å²) in [6, 6.07) is 4.29. The molecular formula is C23H24F3N3O6. The number of nitriles is 1. The van der Waals surface area contributed by atoms with Crippen LogP contribution in [0.25, 0.3) is 0 Å². The van der Waals surface area contributed by atoms with E-state index in [0.29, 0.717) is 12.8 Å². The van der Waals surface area contributed by atoms with Gasteiger partial charge in [-0.1, -0.05) is 0 Å². The van der Waals surface area contributed by atoms with E-state index in [0.717, 1.165) is 12.1 Å². The number of methoxy groups -OCH3 is 1. The first kappa shape index (κ1) is 23.8. The third kappa shape index (κ3) is 3.48. The number of hydrogen-bond acceptors (Lipinski definition) is 7. The third-order valence-corrected chi connectivity index (χ3v) is 7.57. The van der Waals surface area contributed by atoms with Crippen LogP contribution in [0.1, 0.15) is 30.9 Å². The first-order chi connectivity index (χ1) is 16.6. The number of carbonyl (C=O) groups is 2. The quantitative estimate of drug-likeness (QED) is 0.626. The number of ether oxygens (including phenoxy) is 4. The van der Waals surface area contributed by atoms with Crippen molar-refractivity contribution in [2.24, 2.45) is 11.8 Å². The highest BCUT2D eigenvalue weighted by molar-refractivity contribution is 6.00. The summed E-state index contributed by atoms with van der Waals surface area (Å²) in [4.78, 5) is 27.2. The van der Waals surface area contributed by atoms with E-state index >= 15 is 0 Å². The van der Waals surface area contributed by atoms with E-state index in [4.69, 9.17) is 24.2 Å². The molecule has 5 rings (SSSR count). The summed E-state index contributed by atoms with van der Waals surface area (Å²) in [6.45, 7) is 2.29. The molecule has 2 amide bonds. The van der Waals surface area contributed by atoms with Crippen LogP contribution in [0.2, 0.25) is 0 Å². The van der Waals surface area contributed by atoms with Gasteiger partial charge in [-0.3, -0.25) is 9.69 Å². The van der Waals surface area contributed by atoms with E-state index in [1.54, 1.807) is 13.0 Å². The zero-order valence-corrected chi connectivity index (χ0v) is 19.1. The number of carbonyl (C=O) groups excluding carboxylic acids is 2. The van der Waals surface area contributed by atoms with E-state index in [2.05, 4.69) is 5.32 Å². The van der Waals surface area contributed by atoms with Gasteiger partial charge in [-0.2, -0.15) is 18.4 Å². The molecule has 1 aromatic rings. The summed E-state index contributed by atoms with van der Waals surface area (Å²) in [6.07, 6.45) is -5.51. The standard InChI is InChI=1S/C23H24F3N3O6/c1-21-10-15(28-20(31)34-8-7-32-2)22(35-21)5-6-33-19-17(22)16(21)18(30)29(19)13-4-3-12(11-27)14(9-13)23(24,25)26/h3-4,9,15-17,19H,5-8,10H2,1-2H3,(H,28,31)/t15-,16+,17-,19-,21+,22-/m0/s1. The maximum absolute atomic E-state index is 13.6. The molecule has 188 valence electrons. The van der Waals surface area contributed by atoms with Crippen LogP contribution in [0, 0.1) is 23.2 Å². The lowest BCUT2D eigenvalue weighted by atomic mass is 9.64. The summed E-state index contributed by atoms with van der Waals surface area (Å²) in [5, 5.41) is 12.0. The van der Waals surface area contributed by atoms with Crippen molar-refractivity contribution in [2.45, 2.75) is 49.4 Å². The predicted molar refractivity (Wildman–Crippen MR) is 112 cm³/mol. The van der Waals surface area contributed by atoms with Crippen LogP contribution in [-0.2, 0) is 29.9 Å². The van der Waals surface area contributed by atoms with Crippen LogP contribution < -0.4 is 10.2 Å². The first-order valence-electron chi connectivity index (χ1n) is 11.2. The molecule has 4 aliphatic rings. The topological polar surface area (TPSA) is 110 Å². The number of halogens is 3. The second-order valence-electron chi connectivity index (χ2n) is 9.46.